The number of H-pyrrole nitrogens is 1. The van der Waals surface area contributed by atoms with E-state index >= 15 is 0 Å². The smallest absolute Gasteiger partial charge is 0.311 e. The van der Waals surface area contributed by atoms with E-state index in [9.17, 15) is 14.7 Å². The number of carbonyl (C=O) groups is 2. The van der Waals surface area contributed by atoms with Gasteiger partial charge in [-0.1, -0.05) is 78.9 Å². The molecule has 6 rings (SSSR count). The summed E-state index contributed by atoms with van der Waals surface area (Å²) in [5, 5.41) is 10.6. The zero-order valence-electron chi connectivity index (χ0n) is 22.0. The van der Waals surface area contributed by atoms with Gasteiger partial charge in [0.2, 0.25) is 5.91 Å². The lowest BCUT2D eigenvalue weighted by Gasteiger charge is -2.38. The fraction of sp³-hybridized carbons (Fsp3) is 0.250. The van der Waals surface area contributed by atoms with Gasteiger partial charge >= 0.3 is 5.97 Å². The van der Waals surface area contributed by atoms with E-state index in [2.05, 4.69) is 28.2 Å². The van der Waals surface area contributed by atoms with E-state index in [4.69, 9.17) is 0 Å². The maximum absolute atomic E-state index is 12.4. The number of nitrogens with zero attached hydrogens (tertiary/aromatic N) is 2. The number of benzene rings is 3. The molecule has 1 aliphatic heterocycles. The Kier molecular flexibility index (Phi) is 7.16. The van der Waals surface area contributed by atoms with Crippen molar-refractivity contribution in [2.24, 2.45) is 5.92 Å². The Hall–Kier alpha value is -4.16. The van der Waals surface area contributed by atoms with Gasteiger partial charge in [-0.2, -0.15) is 0 Å². The fourth-order valence-corrected chi connectivity index (χ4v) is 5.63. The van der Waals surface area contributed by atoms with Crippen LogP contribution in [0, 0.1) is 5.92 Å². The third kappa shape index (κ3) is 4.87. The van der Waals surface area contributed by atoms with Crippen LogP contribution in [0.3, 0.4) is 0 Å². The third-order valence-electron chi connectivity index (χ3n) is 7.54. The average Bonchev–Trinajstić information content (AvgIpc) is 3.35. The lowest BCUT2D eigenvalue weighted by atomic mass is 9.80. The predicted octanol–water partition coefficient (Wildman–Crippen LogP) is 5.03. The highest BCUT2D eigenvalue weighted by Crippen LogP contribution is 2.40. The molecular formula is C32H33N3O3. The first-order chi connectivity index (χ1) is 18.3. The molecule has 6 nitrogen and oxygen atoms in total. The molecule has 1 amide bonds. The van der Waals surface area contributed by atoms with Gasteiger partial charge in [0.1, 0.15) is 0 Å². The van der Waals surface area contributed by atoms with Gasteiger partial charge in [-0.15, -0.1) is 0 Å². The molecule has 1 aromatic heterocycles. The zero-order valence-corrected chi connectivity index (χ0v) is 22.0. The Morgan fingerprint density at radius 2 is 1.58 bits per heavy atom. The molecule has 1 aliphatic carbocycles. The summed E-state index contributed by atoms with van der Waals surface area (Å²) in [6, 6.07) is 26.3. The summed E-state index contributed by atoms with van der Waals surface area (Å²) in [4.78, 5) is 30.8. The fourth-order valence-electron chi connectivity index (χ4n) is 5.63. The largest absolute Gasteiger partial charge is 0.481 e. The van der Waals surface area contributed by atoms with Crippen molar-refractivity contribution in [2.75, 3.05) is 27.7 Å². The van der Waals surface area contributed by atoms with E-state index in [1.807, 2.05) is 79.9 Å². The van der Waals surface area contributed by atoms with Gasteiger partial charge in [-0.3, -0.25) is 14.5 Å². The zero-order chi connectivity index (χ0) is 26.8. The summed E-state index contributed by atoms with van der Waals surface area (Å²) in [5.74, 6) is -1.27. The number of nitrogens with one attached hydrogen (secondary N) is 1. The van der Waals surface area contributed by atoms with Crippen molar-refractivity contribution in [1.29, 1.82) is 0 Å². The first-order valence-corrected chi connectivity index (χ1v) is 12.9. The number of aliphatic carboxylic acids is 1. The summed E-state index contributed by atoms with van der Waals surface area (Å²) >= 11 is 0. The molecule has 2 aliphatic rings. The number of carboxylic acid groups (broad SMARTS) is 1. The van der Waals surface area contributed by atoms with E-state index in [1.54, 1.807) is 19.0 Å². The van der Waals surface area contributed by atoms with Crippen LogP contribution in [-0.4, -0.2) is 65.5 Å². The lowest BCUT2D eigenvalue weighted by molar-refractivity contribution is -0.140. The standard InChI is InChI=1S/C16H16N2O2.C16H17NO/c1-18-8-10(16(19)20)5-12-11-3-2-4-13-15(11)9(7-17-13)6-14(12)18;1-17(2)16(18)15(13-9-5-3-6-10-13)14-11-7-4-8-12-14/h2-5,7,10,14,17H,6,8H2,1H3,(H,19,20);3-12,15H,1-2H3/t10-,14-;/m1./s1. The number of hydrogen-bond acceptors (Lipinski definition) is 3. The van der Waals surface area contributed by atoms with Crippen molar-refractivity contribution >= 4 is 28.4 Å². The molecule has 0 spiro atoms. The molecule has 0 bridgehead atoms. The van der Waals surface area contributed by atoms with Crippen LogP contribution in [0.1, 0.15) is 28.2 Å². The molecule has 2 heterocycles. The van der Waals surface area contributed by atoms with Crippen molar-refractivity contribution in [1.82, 2.24) is 14.8 Å². The second kappa shape index (κ2) is 10.7. The van der Waals surface area contributed by atoms with Crippen LogP contribution in [0.4, 0.5) is 0 Å². The molecule has 3 aromatic carbocycles. The minimum atomic E-state index is -0.741. The minimum Gasteiger partial charge on any atom is -0.481 e. The predicted molar refractivity (Wildman–Crippen MR) is 151 cm³/mol. The molecule has 194 valence electrons. The van der Waals surface area contributed by atoms with Crippen LogP contribution in [-0.2, 0) is 16.0 Å². The molecule has 0 fully saturated rings. The van der Waals surface area contributed by atoms with Gasteiger partial charge in [-0.25, -0.2) is 0 Å². The van der Waals surface area contributed by atoms with Gasteiger partial charge in [-0.05, 0) is 47.4 Å². The summed E-state index contributed by atoms with van der Waals surface area (Å²) in [6.45, 7) is 0.583. The van der Waals surface area contributed by atoms with Crippen LogP contribution in [0.5, 0.6) is 0 Å². The van der Waals surface area contributed by atoms with Crippen LogP contribution in [0.15, 0.2) is 91.1 Å². The normalized spacial score (nSPS) is 18.3. The van der Waals surface area contributed by atoms with Crippen molar-refractivity contribution in [3.63, 3.8) is 0 Å². The van der Waals surface area contributed by atoms with Crippen LogP contribution < -0.4 is 0 Å². The number of rotatable bonds is 4. The van der Waals surface area contributed by atoms with E-state index in [0.29, 0.717) is 12.6 Å². The van der Waals surface area contributed by atoms with Gasteiger partial charge in [0.05, 0.1) is 11.8 Å². The summed E-state index contributed by atoms with van der Waals surface area (Å²) in [6.07, 6.45) is 4.99. The van der Waals surface area contributed by atoms with Crippen molar-refractivity contribution in [3.8, 4) is 0 Å². The van der Waals surface area contributed by atoms with Crippen LogP contribution in [0.2, 0.25) is 0 Å². The van der Waals surface area contributed by atoms with Gasteiger partial charge in [0.15, 0.2) is 0 Å². The number of hydrogen-bond donors (Lipinski definition) is 2. The summed E-state index contributed by atoms with van der Waals surface area (Å²) in [5.41, 5.74) is 6.89. The number of aromatic amines is 1. The van der Waals surface area contributed by atoms with Crippen LogP contribution in [0.25, 0.3) is 16.5 Å². The highest BCUT2D eigenvalue weighted by Gasteiger charge is 2.35. The highest BCUT2D eigenvalue weighted by atomic mass is 16.4. The SMILES string of the molecule is CN(C)C(=O)C(c1ccccc1)c1ccccc1.CN1C[C@H](C(=O)O)C=C2c3cccc4[nH]cc(c34)C[C@H]21. The molecule has 0 radical (unpaired) electrons. The quantitative estimate of drug-likeness (QED) is 0.406. The van der Waals surface area contributed by atoms with Gasteiger partial charge in [0, 0.05) is 43.8 Å². The Balaban J connectivity index is 0.000000156. The molecule has 0 unspecified atom stereocenters. The average molecular weight is 508 g/mol. The first kappa shape index (κ1) is 25.5. The Morgan fingerprint density at radius 3 is 2.16 bits per heavy atom. The first-order valence-electron chi connectivity index (χ1n) is 12.9. The second-order valence-corrected chi connectivity index (χ2v) is 10.3. The molecule has 0 saturated carbocycles. The minimum absolute atomic E-state index is 0.104. The molecule has 2 N–H and O–H groups in total. The maximum atomic E-state index is 12.4. The molecule has 38 heavy (non-hydrogen) atoms. The monoisotopic (exact) mass is 507 g/mol. The summed E-state index contributed by atoms with van der Waals surface area (Å²) < 4.78 is 0. The van der Waals surface area contributed by atoms with Crippen molar-refractivity contribution in [2.45, 2.75) is 18.4 Å². The van der Waals surface area contributed by atoms with Crippen molar-refractivity contribution in [3.05, 3.63) is 113 Å². The number of aromatic nitrogens is 1. The van der Waals surface area contributed by atoms with E-state index in [-0.39, 0.29) is 11.8 Å². The van der Waals surface area contributed by atoms with E-state index < -0.39 is 11.9 Å². The van der Waals surface area contributed by atoms with Gasteiger partial charge < -0.3 is 15.0 Å². The second-order valence-electron chi connectivity index (χ2n) is 10.3. The number of fused-ring (bicyclic) bond motifs is 2. The molecule has 2 atom stereocenters. The van der Waals surface area contributed by atoms with E-state index in [0.717, 1.165) is 23.1 Å². The number of carboxylic acids is 1. The van der Waals surface area contributed by atoms with Gasteiger partial charge in [0.25, 0.3) is 0 Å². The number of carbonyl (C=O) groups excluding carboxylic acids is 1. The molecular weight excluding hydrogens is 474 g/mol. The van der Waals surface area contributed by atoms with Crippen LogP contribution >= 0.6 is 0 Å². The highest BCUT2D eigenvalue weighted by molar-refractivity contribution is 5.99. The molecule has 0 saturated heterocycles. The Bertz CT molecular complexity index is 1430. The topological polar surface area (TPSA) is 76.6 Å². The molecule has 6 heteroatoms. The summed E-state index contributed by atoms with van der Waals surface area (Å²) in [7, 11) is 5.60. The Labute approximate surface area is 223 Å². The maximum Gasteiger partial charge on any atom is 0.311 e. The lowest BCUT2D eigenvalue weighted by Crippen LogP contribution is -2.44. The van der Waals surface area contributed by atoms with Crippen molar-refractivity contribution < 1.29 is 14.7 Å². The molecule has 4 aromatic rings. The number of amides is 1. The number of likely N-dealkylation sites (N-methyl/N-ethyl adjacent to an activating group) is 2. The Morgan fingerprint density at radius 1 is 0.947 bits per heavy atom. The van der Waals surface area contributed by atoms with E-state index in [1.165, 1.54) is 22.1 Å². The third-order valence-corrected chi connectivity index (χ3v) is 7.54.